The van der Waals surface area contributed by atoms with Crippen molar-refractivity contribution in [2.75, 3.05) is 0 Å². The van der Waals surface area contributed by atoms with Gasteiger partial charge in [-0.15, -0.1) is 11.8 Å². The fraction of sp³-hybridized carbons (Fsp3) is 0.722. The fourth-order valence-electron chi connectivity index (χ4n) is 4.21. The first kappa shape index (κ1) is 15.2. The van der Waals surface area contributed by atoms with E-state index in [1.165, 1.54) is 13.3 Å². The second-order valence-electron chi connectivity index (χ2n) is 6.49. The van der Waals surface area contributed by atoms with E-state index in [9.17, 15) is 4.79 Å². The van der Waals surface area contributed by atoms with Crippen molar-refractivity contribution < 1.29 is 9.53 Å². The van der Waals surface area contributed by atoms with Gasteiger partial charge in [0.2, 0.25) is 0 Å². The Bertz CT molecular complexity index is 466. The van der Waals surface area contributed by atoms with Crippen molar-refractivity contribution in [2.24, 2.45) is 17.3 Å². The van der Waals surface area contributed by atoms with E-state index in [0.29, 0.717) is 11.8 Å². The maximum atomic E-state index is 11.3. The molecule has 0 aromatic carbocycles. The van der Waals surface area contributed by atoms with E-state index in [1.807, 2.05) is 6.92 Å². The van der Waals surface area contributed by atoms with E-state index in [2.05, 4.69) is 31.8 Å². The minimum Gasteiger partial charge on any atom is -0.462 e. The van der Waals surface area contributed by atoms with E-state index in [4.69, 9.17) is 4.74 Å². The molecule has 1 fully saturated rings. The first-order chi connectivity index (χ1) is 9.49. The molecule has 110 valence electrons. The molecule has 0 unspecified atom stereocenters. The average Bonchev–Trinajstić information content (AvgIpc) is 2.73. The number of carbonyl (C=O) groups is 1. The van der Waals surface area contributed by atoms with Crippen molar-refractivity contribution in [2.45, 2.75) is 65.9 Å². The van der Waals surface area contributed by atoms with Crippen molar-refractivity contribution in [3.8, 4) is 11.8 Å². The van der Waals surface area contributed by atoms with Crippen LogP contribution >= 0.6 is 0 Å². The summed E-state index contributed by atoms with van der Waals surface area (Å²) < 4.78 is 5.58. The molecule has 0 aliphatic heterocycles. The van der Waals surface area contributed by atoms with Crippen LogP contribution in [-0.4, -0.2) is 12.1 Å². The zero-order valence-corrected chi connectivity index (χ0v) is 13.2. The molecule has 0 amide bonds. The zero-order valence-electron chi connectivity index (χ0n) is 13.2. The second-order valence-corrected chi connectivity index (χ2v) is 6.49. The summed E-state index contributed by atoms with van der Waals surface area (Å²) in [5.74, 6) is 7.03. The normalized spacial score (nSPS) is 33.5. The third-order valence-corrected chi connectivity index (χ3v) is 5.14. The Hall–Kier alpha value is -1.23. The summed E-state index contributed by atoms with van der Waals surface area (Å²) in [6.45, 7) is 8.06. The molecule has 0 heterocycles. The van der Waals surface area contributed by atoms with Crippen LogP contribution in [0.1, 0.15) is 59.8 Å². The van der Waals surface area contributed by atoms with Crippen molar-refractivity contribution in [1.82, 2.24) is 0 Å². The van der Waals surface area contributed by atoms with Crippen LogP contribution in [0.25, 0.3) is 0 Å². The SMILES string of the molecule is CC#CC[C@H](C)C1=CC[C@H]2[C@@H](OC(C)=O)CCC[C@]12C. The Labute approximate surface area is 123 Å². The summed E-state index contributed by atoms with van der Waals surface area (Å²) in [7, 11) is 0. The van der Waals surface area contributed by atoms with Crippen molar-refractivity contribution in [1.29, 1.82) is 0 Å². The molecular formula is C18H26O2. The highest BCUT2D eigenvalue weighted by Crippen LogP contribution is 2.55. The molecule has 0 aromatic heterocycles. The molecule has 1 saturated carbocycles. The molecule has 2 nitrogen and oxygen atoms in total. The highest BCUT2D eigenvalue weighted by atomic mass is 16.5. The molecule has 0 N–H and O–H groups in total. The monoisotopic (exact) mass is 274 g/mol. The largest absolute Gasteiger partial charge is 0.462 e. The van der Waals surface area contributed by atoms with Crippen LogP contribution in [-0.2, 0) is 9.53 Å². The van der Waals surface area contributed by atoms with Gasteiger partial charge >= 0.3 is 5.97 Å². The molecular weight excluding hydrogens is 248 g/mol. The Morgan fingerprint density at radius 2 is 2.35 bits per heavy atom. The van der Waals surface area contributed by atoms with Gasteiger partial charge in [-0.05, 0) is 43.9 Å². The van der Waals surface area contributed by atoms with E-state index < -0.39 is 0 Å². The lowest BCUT2D eigenvalue weighted by Crippen LogP contribution is -2.41. The Morgan fingerprint density at radius 1 is 1.60 bits per heavy atom. The van der Waals surface area contributed by atoms with Crippen molar-refractivity contribution in [3.63, 3.8) is 0 Å². The molecule has 2 rings (SSSR count). The third-order valence-electron chi connectivity index (χ3n) is 5.14. The lowest BCUT2D eigenvalue weighted by molar-refractivity contribution is -0.153. The van der Waals surface area contributed by atoms with Gasteiger partial charge in [-0.25, -0.2) is 0 Å². The number of fused-ring (bicyclic) bond motifs is 1. The predicted molar refractivity (Wildman–Crippen MR) is 80.9 cm³/mol. The van der Waals surface area contributed by atoms with Crippen LogP contribution in [0.15, 0.2) is 11.6 Å². The van der Waals surface area contributed by atoms with Gasteiger partial charge in [0.15, 0.2) is 0 Å². The van der Waals surface area contributed by atoms with E-state index in [0.717, 1.165) is 25.7 Å². The van der Waals surface area contributed by atoms with Crippen LogP contribution < -0.4 is 0 Å². The number of ether oxygens (including phenoxy) is 1. The standard InChI is InChI=1S/C18H26O2/c1-5-6-8-13(2)15-10-11-16-17(20-14(3)19)9-7-12-18(15,16)4/h10,13,16-17H,7-9,11-12H2,1-4H3/t13-,16-,17-,18+/m0/s1. The number of esters is 1. The molecule has 4 atom stereocenters. The molecule has 2 aliphatic rings. The minimum absolute atomic E-state index is 0.101. The molecule has 2 aliphatic carbocycles. The van der Waals surface area contributed by atoms with Crippen LogP contribution in [0.4, 0.5) is 0 Å². The summed E-state index contributed by atoms with van der Waals surface area (Å²) in [6, 6.07) is 0. The zero-order chi connectivity index (χ0) is 14.8. The third kappa shape index (κ3) is 2.77. The van der Waals surface area contributed by atoms with Gasteiger partial charge < -0.3 is 4.74 Å². The maximum Gasteiger partial charge on any atom is 0.302 e. The first-order valence-corrected chi connectivity index (χ1v) is 7.76. The number of carbonyl (C=O) groups excluding carboxylic acids is 1. The molecule has 0 aromatic rings. The van der Waals surface area contributed by atoms with Gasteiger partial charge in [-0.3, -0.25) is 4.79 Å². The molecule has 0 saturated heterocycles. The van der Waals surface area contributed by atoms with Gasteiger partial charge in [-0.1, -0.05) is 25.5 Å². The first-order valence-electron chi connectivity index (χ1n) is 7.76. The number of allylic oxidation sites excluding steroid dienone is 2. The lowest BCUT2D eigenvalue weighted by atomic mass is 9.63. The number of hydrogen-bond donors (Lipinski definition) is 0. The Kier molecular flexibility index (Phi) is 4.58. The van der Waals surface area contributed by atoms with Crippen LogP contribution in [0.5, 0.6) is 0 Å². The van der Waals surface area contributed by atoms with Crippen LogP contribution in [0.2, 0.25) is 0 Å². The summed E-state index contributed by atoms with van der Waals surface area (Å²) in [5.41, 5.74) is 1.75. The predicted octanol–water partition coefficient (Wildman–Crippen LogP) is 4.10. The van der Waals surface area contributed by atoms with Gasteiger partial charge in [0, 0.05) is 19.3 Å². The van der Waals surface area contributed by atoms with Gasteiger partial charge in [-0.2, -0.15) is 0 Å². The second kappa shape index (κ2) is 6.04. The lowest BCUT2D eigenvalue weighted by Gasteiger charge is -2.44. The Morgan fingerprint density at radius 3 is 3.00 bits per heavy atom. The van der Waals surface area contributed by atoms with Gasteiger partial charge in [0.25, 0.3) is 0 Å². The minimum atomic E-state index is -0.141. The van der Waals surface area contributed by atoms with Crippen molar-refractivity contribution in [3.05, 3.63) is 11.6 Å². The Balaban J connectivity index is 2.15. The van der Waals surface area contributed by atoms with E-state index >= 15 is 0 Å². The van der Waals surface area contributed by atoms with Gasteiger partial charge in [0.05, 0.1) is 0 Å². The maximum absolute atomic E-state index is 11.3. The highest BCUT2D eigenvalue weighted by Gasteiger charge is 2.49. The number of rotatable bonds is 3. The average molecular weight is 274 g/mol. The van der Waals surface area contributed by atoms with Crippen LogP contribution in [0.3, 0.4) is 0 Å². The summed E-state index contributed by atoms with van der Waals surface area (Å²) in [5, 5.41) is 0. The molecule has 0 spiro atoms. The molecule has 2 heteroatoms. The van der Waals surface area contributed by atoms with Crippen molar-refractivity contribution >= 4 is 5.97 Å². The molecule has 20 heavy (non-hydrogen) atoms. The fourth-order valence-corrected chi connectivity index (χ4v) is 4.21. The summed E-state index contributed by atoms with van der Waals surface area (Å²) in [6.07, 6.45) is 7.86. The molecule has 0 bridgehead atoms. The van der Waals surface area contributed by atoms with E-state index in [-0.39, 0.29) is 17.5 Å². The summed E-state index contributed by atoms with van der Waals surface area (Å²) in [4.78, 5) is 11.3. The number of hydrogen-bond acceptors (Lipinski definition) is 2. The summed E-state index contributed by atoms with van der Waals surface area (Å²) >= 11 is 0. The smallest absolute Gasteiger partial charge is 0.302 e. The topological polar surface area (TPSA) is 26.3 Å². The highest BCUT2D eigenvalue weighted by molar-refractivity contribution is 5.66. The molecule has 0 radical (unpaired) electrons. The van der Waals surface area contributed by atoms with Gasteiger partial charge in [0.1, 0.15) is 6.10 Å². The van der Waals surface area contributed by atoms with E-state index in [1.54, 1.807) is 5.57 Å². The van der Waals surface area contributed by atoms with Crippen LogP contribution in [0, 0.1) is 29.1 Å². The quantitative estimate of drug-likeness (QED) is 0.440.